The first-order valence-corrected chi connectivity index (χ1v) is 13.9. The number of aryl methyl sites for hydroxylation is 1. The Morgan fingerprint density at radius 3 is 2.51 bits per heavy atom. The number of aliphatic hydroxyl groups excluding tert-OH is 1. The van der Waals surface area contributed by atoms with E-state index >= 15 is 0 Å². The molecule has 1 aliphatic heterocycles. The van der Waals surface area contributed by atoms with Crippen LogP contribution in [0.3, 0.4) is 0 Å². The highest BCUT2D eigenvalue weighted by Crippen LogP contribution is 2.43. The number of aliphatic hydroxyl groups is 1. The molecule has 1 aromatic heterocycles. The Kier molecular flexibility index (Phi) is 9.32. The van der Waals surface area contributed by atoms with Gasteiger partial charge in [-0.2, -0.15) is 13.2 Å². The Hall–Kier alpha value is -3.73. The van der Waals surface area contributed by atoms with Crippen molar-refractivity contribution in [1.82, 2.24) is 15.1 Å². The zero-order chi connectivity index (χ0) is 30.8. The van der Waals surface area contributed by atoms with Crippen molar-refractivity contribution in [2.75, 3.05) is 29.4 Å². The number of alkyl halides is 3. The van der Waals surface area contributed by atoms with Crippen molar-refractivity contribution in [3.05, 3.63) is 24.4 Å². The third-order valence-corrected chi connectivity index (χ3v) is 7.98. The number of aromatic nitrogens is 2. The maximum atomic E-state index is 14.1. The molecule has 1 aromatic carbocycles. The summed E-state index contributed by atoms with van der Waals surface area (Å²) in [6.45, 7) is 5.54. The van der Waals surface area contributed by atoms with Crippen molar-refractivity contribution in [1.29, 1.82) is 0 Å². The lowest BCUT2D eigenvalue weighted by molar-refractivity contribution is -0.242. The highest BCUT2D eigenvalue weighted by Gasteiger charge is 2.51. The highest BCUT2D eigenvalue weighted by molar-refractivity contribution is 7.93. The first-order valence-electron chi connectivity index (χ1n) is 12.5. The van der Waals surface area contributed by atoms with Gasteiger partial charge in [0, 0.05) is 25.4 Å². The number of amides is 2. The Morgan fingerprint density at radius 2 is 1.93 bits per heavy atom. The van der Waals surface area contributed by atoms with E-state index in [1.807, 2.05) is 0 Å². The molecule has 17 heteroatoms. The third-order valence-electron chi connectivity index (χ3n) is 6.10. The molecule has 3 N–H and O–H groups in total. The van der Waals surface area contributed by atoms with E-state index < -0.39 is 46.6 Å². The molecule has 3 rings (SSSR count). The van der Waals surface area contributed by atoms with Gasteiger partial charge in [0.1, 0.15) is 18.5 Å². The first-order chi connectivity index (χ1) is 19.0. The van der Waals surface area contributed by atoms with Crippen molar-refractivity contribution < 1.29 is 50.5 Å². The maximum absolute atomic E-state index is 14.1. The maximum Gasteiger partial charge on any atom is 0.427 e. The fourth-order valence-corrected chi connectivity index (χ4v) is 5.57. The predicted molar refractivity (Wildman–Crippen MR) is 139 cm³/mol. The largest absolute Gasteiger partial charge is 0.484 e. The van der Waals surface area contributed by atoms with Crippen LogP contribution < -0.4 is 24.4 Å². The van der Waals surface area contributed by atoms with Gasteiger partial charge < -0.3 is 24.6 Å². The van der Waals surface area contributed by atoms with E-state index in [4.69, 9.17) is 9.47 Å². The number of rotatable bonds is 10. The molecule has 0 unspecified atom stereocenters. The van der Waals surface area contributed by atoms with Crippen LogP contribution in [-0.4, -0.2) is 79.0 Å². The van der Waals surface area contributed by atoms with Crippen molar-refractivity contribution in [3.63, 3.8) is 0 Å². The number of hydrogen-bond donors (Lipinski definition) is 3. The Morgan fingerprint density at radius 1 is 1.24 bits per heavy atom. The lowest BCUT2D eigenvalue weighted by atomic mass is 10.1. The molecule has 2 amide bonds. The van der Waals surface area contributed by atoms with Gasteiger partial charge in [-0.05, 0) is 45.9 Å². The summed E-state index contributed by atoms with van der Waals surface area (Å²) in [6, 6.07) is 2.88. The second-order valence-electron chi connectivity index (χ2n) is 9.57. The van der Waals surface area contributed by atoms with Gasteiger partial charge in [-0.15, -0.1) is 5.10 Å². The Bertz CT molecular complexity index is 1380. The fourth-order valence-electron chi connectivity index (χ4n) is 3.81. The number of carbonyl (C=O) groups is 2. The molecule has 13 nitrogen and oxygen atoms in total. The number of fused-ring (bicyclic) bond motifs is 1. The van der Waals surface area contributed by atoms with Gasteiger partial charge in [0.15, 0.2) is 4.90 Å². The Balaban J connectivity index is 2.07. The van der Waals surface area contributed by atoms with Crippen molar-refractivity contribution in [2.24, 2.45) is 0 Å². The number of sulfonamides is 1. The molecule has 2 atom stereocenters. The van der Waals surface area contributed by atoms with Crippen LogP contribution in [0.2, 0.25) is 0 Å². The van der Waals surface area contributed by atoms with Crippen LogP contribution in [0.1, 0.15) is 34.6 Å². The zero-order valence-electron chi connectivity index (χ0n) is 23.0. The van der Waals surface area contributed by atoms with Crippen LogP contribution in [0.15, 0.2) is 29.3 Å². The second kappa shape index (κ2) is 12.0. The van der Waals surface area contributed by atoms with Crippen LogP contribution in [0.5, 0.6) is 11.6 Å². The fraction of sp³-hybridized carbons (Fsp3) is 0.542. The number of nitrogens with zero attached hydrogens (tertiary/aromatic N) is 3. The van der Waals surface area contributed by atoms with Gasteiger partial charge in [0.2, 0.25) is 11.5 Å². The molecule has 0 spiro atoms. The minimum atomic E-state index is -4.84. The van der Waals surface area contributed by atoms with Crippen molar-refractivity contribution >= 4 is 33.4 Å². The van der Waals surface area contributed by atoms with E-state index in [2.05, 4.69) is 20.5 Å². The summed E-state index contributed by atoms with van der Waals surface area (Å²) in [5.41, 5.74) is -2.93. The smallest absolute Gasteiger partial charge is 0.427 e. The standard InChI is InChI=1S/C24H32F3N5O8S/c1-6-31-13-20(21(30-31)38-10-9-33)41(36,37)32-14(2)19(12-28-15(3)34)39-18-8-7-16(11-17(18)32)29-22(35)40-23(4,5)24(25,26)27/h7-8,11,13-14,19,33H,6,9-10,12H2,1-5H3,(H,28,34)(H,29,35)/t14-,19+/m1/s1. The lowest BCUT2D eigenvalue weighted by Gasteiger charge is -2.41. The lowest BCUT2D eigenvalue weighted by Crippen LogP contribution is -2.54. The van der Waals surface area contributed by atoms with Crippen molar-refractivity contribution in [2.45, 2.75) is 70.0 Å². The summed E-state index contributed by atoms with van der Waals surface area (Å²) in [5, 5.41) is 18.1. The number of carbonyl (C=O) groups excluding carboxylic acids is 2. The molecule has 41 heavy (non-hydrogen) atoms. The zero-order valence-corrected chi connectivity index (χ0v) is 23.8. The number of halogens is 3. The minimum absolute atomic E-state index is 0.0527. The summed E-state index contributed by atoms with van der Waals surface area (Å²) in [6.07, 6.45) is -5.86. The SMILES string of the molecule is CCn1cc(S(=O)(=O)N2c3cc(NC(=O)OC(C)(C)C(F)(F)F)ccc3O[C@@H](CNC(C)=O)[C@H]2C)c(OCCO)n1. The van der Waals surface area contributed by atoms with E-state index in [0.717, 1.165) is 4.31 Å². The molecular weight excluding hydrogens is 575 g/mol. The van der Waals surface area contributed by atoms with Gasteiger partial charge in [-0.3, -0.25) is 19.1 Å². The first kappa shape index (κ1) is 31.8. The molecule has 0 fully saturated rings. The molecule has 0 aliphatic carbocycles. The average Bonchev–Trinajstić information content (AvgIpc) is 3.29. The van der Waals surface area contributed by atoms with Crippen LogP contribution in [0.4, 0.5) is 29.3 Å². The molecule has 228 valence electrons. The average molecular weight is 608 g/mol. The number of benzene rings is 1. The van der Waals surface area contributed by atoms with E-state index in [9.17, 15) is 36.3 Å². The number of anilines is 2. The molecular formula is C24H32F3N5O8S. The number of nitrogens with one attached hydrogen (secondary N) is 2. The number of ether oxygens (including phenoxy) is 3. The topological polar surface area (TPSA) is 161 Å². The molecule has 2 aromatic rings. The van der Waals surface area contributed by atoms with Crippen LogP contribution in [0.25, 0.3) is 0 Å². The summed E-state index contributed by atoms with van der Waals surface area (Å²) >= 11 is 0. The van der Waals surface area contributed by atoms with Gasteiger partial charge in [0.25, 0.3) is 15.9 Å². The van der Waals surface area contributed by atoms with E-state index in [-0.39, 0.29) is 47.0 Å². The van der Waals surface area contributed by atoms with E-state index in [1.54, 1.807) is 6.92 Å². The molecule has 0 saturated heterocycles. The summed E-state index contributed by atoms with van der Waals surface area (Å²) < 4.78 is 86.0. The molecule has 2 heterocycles. The molecule has 0 radical (unpaired) electrons. The van der Waals surface area contributed by atoms with Crippen molar-refractivity contribution in [3.8, 4) is 11.6 Å². The van der Waals surface area contributed by atoms with E-state index in [1.165, 1.54) is 42.9 Å². The van der Waals surface area contributed by atoms with Gasteiger partial charge in [-0.1, -0.05) is 0 Å². The summed E-state index contributed by atoms with van der Waals surface area (Å²) in [4.78, 5) is 23.5. The molecule has 0 saturated carbocycles. The third kappa shape index (κ3) is 6.95. The van der Waals surface area contributed by atoms with Crippen LogP contribution in [0, 0.1) is 0 Å². The van der Waals surface area contributed by atoms with Crippen LogP contribution in [-0.2, 0) is 26.1 Å². The second-order valence-corrected chi connectivity index (χ2v) is 11.3. The summed E-state index contributed by atoms with van der Waals surface area (Å²) in [7, 11) is -4.48. The predicted octanol–water partition coefficient (Wildman–Crippen LogP) is 2.64. The summed E-state index contributed by atoms with van der Waals surface area (Å²) in [5.74, 6) is -0.575. The normalized spacial score (nSPS) is 17.3. The number of hydrogen-bond acceptors (Lipinski definition) is 9. The Labute approximate surface area is 234 Å². The quantitative estimate of drug-likeness (QED) is 0.369. The van der Waals surface area contributed by atoms with Gasteiger partial charge in [0.05, 0.1) is 24.9 Å². The van der Waals surface area contributed by atoms with E-state index in [0.29, 0.717) is 20.4 Å². The molecule has 1 aliphatic rings. The van der Waals surface area contributed by atoms with Crippen LogP contribution >= 0.6 is 0 Å². The highest BCUT2D eigenvalue weighted by atomic mass is 32.2. The van der Waals surface area contributed by atoms with Gasteiger partial charge >= 0.3 is 12.3 Å². The van der Waals surface area contributed by atoms with Gasteiger partial charge in [-0.25, -0.2) is 13.2 Å². The minimum Gasteiger partial charge on any atom is -0.484 e. The molecule has 0 bridgehead atoms. The monoisotopic (exact) mass is 607 g/mol.